The van der Waals surface area contributed by atoms with Crippen molar-refractivity contribution in [2.24, 2.45) is 23.7 Å². The quantitative estimate of drug-likeness (QED) is 0.382. The molecule has 2 fully saturated rings. The van der Waals surface area contributed by atoms with Crippen molar-refractivity contribution in [3.8, 4) is 0 Å². The monoisotopic (exact) mass is 334 g/mol. The molecule has 0 unspecified atom stereocenters. The second-order valence-electron chi connectivity index (χ2n) is 8.83. The molecule has 0 aromatic rings. The maximum absolute atomic E-state index is 12.4. The van der Waals surface area contributed by atoms with Gasteiger partial charge in [-0.1, -0.05) is 78.1 Å². The van der Waals surface area contributed by atoms with Crippen LogP contribution in [0.15, 0.2) is 0 Å². The van der Waals surface area contributed by atoms with Crippen molar-refractivity contribution in [3.63, 3.8) is 0 Å². The third kappa shape index (κ3) is 6.52. The SMILES string of the molecule is CCCCCCCC1CCC([C@@H]2CC[C@@H](CCCC)C(=O)C2)CC1. The fraction of sp³-hybridized carbons (Fsp3) is 0.957. The normalized spacial score (nSPS) is 31.3. The molecule has 0 bridgehead atoms. The minimum atomic E-state index is 0.417. The first-order chi connectivity index (χ1) is 11.7. The van der Waals surface area contributed by atoms with Crippen LogP contribution in [0.4, 0.5) is 0 Å². The molecule has 140 valence electrons. The van der Waals surface area contributed by atoms with E-state index in [2.05, 4.69) is 13.8 Å². The zero-order valence-corrected chi connectivity index (χ0v) is 16.5. The van der Waals surface area contributed by atoms with Crippen LogP contribution in [0, 0.1) is 23.7 Å². The van der Waals surface area contributed by atoms with Crippen molar-refractivity contribution < 1.29 is 4.79 Å². The molecule has 2 aliphatic rings. The molecule has 0 spiro atoms. The van der Waals surface area contributed by atoms with Gasteiger partial charge in [0.2, 0.25) is 0 Å². The van der Waals surface area contributed by atoms with Gasteiger partial charge in [0.25, 0.3) is 0 Å². The summed E-state index contributed by atoms with van der Waals surface area (Å²) in [6, 6.07) is 0. The molecule has 0 amide bonds. The molecule has 1 heteroatoms. The van der Waals surface area contributed by atoms with E-state index in [9.17, 15) is 4.79 Å². The lowest BCUT2D eigenvalue weighted by Crippen LogP contribution is -2.31. The molecule has 24 heavy (non-hydrogen) atoms. The summed E-state index contributed by atoms with van der Waals surface area (Å²) in [5, 5.41) is 0. The van der Waals surface area contributed by atoms with Crippen LogP contribution < -0.4 is 0 Å². The lowest BCUT2D eigenvalue weighted by atomic mass is 9.68. The van der Waals surface area contributed by atoms with Gasteiger partial charge in [-0.15, -0.1) is 0 Å². The van der Waals surface area contributed by atoms with Crippen molar-refractivity contribution in [1.82, 2.24) is 0 Å². The number of rotatable bonds is 10. The molecule has 0 N–H and O–H groups in total. The van der Waals surface area contributed by atoms with Gasteiger partial charge in [0.1, 0.15) is 5.78 Å². The van der Waals surface area contributed by atoms with Gasteiger partial charge < -0.3 is 0 Å². The fourth-order valence-electron chi connectivity index (χ4n) is 5.25. The van der Waals surface area contributed by atoms with Crippen LogP contribution in [-0.4, -0.2) is 5.78 Å². The van der Waals surface area contributed by atoms with Crippen molar-refractivity contribution >= 4 is 5.78 Å². The van der Waals surface area contributed by atoms with Crippen LogP contribution in [0.1, 0.15) is 117 Å². The highest BCUT2D eigenvalue weighted by Gasteiger charge is 2.34. The van der Waals surface area contributed by atoms with Gasteiger partial charge in [-0.25, -0.2) is 0 Å². The second-order valence-corrected chi connectivity index (χ2v) is 8.83. The zero-order valence-electron chi connectivity index (χ0n) is 16.5. The highest BCUT2D eigenvalue weighted by molar-refractivity contribution is 5.81. The summed E-state index contributed by atoms with van der Waals surface area (Å²) in [6.45, 7) is 4.53. The van der Waals surface area contributed by atoms with Crippen LogP contribution >= 0.6 is 0 Å². The van der Waals surface area contributed by atoms with Crippen LogP contribution in [0.3, 0.4) is 0 Å². The maximum Gasteiger partial charge on any atom is 0.136 e. The Labute approximate surface area is 151 Å². The first-order valence-corrected chi connectivity index (χ1v) is 11.3. The minimum Gasteiger partial charge on any atom is -0.299 e. The molecule has 0 aliphatic heterocycles. The summed E-state index contributed by atoms with van der Waals surface area (Å²) in [5.41, 5.74) is 0. The Morgan fingerprint density at radius 2 is 1.38 bits per heavy atom. The van der Waals surface area contributed by atoms with Crippen molar-refractivity contribution in [3.05, 3.63) is 0 Å². The largest absolute Gasteiger partial charge is 0.299 e. The standard InChI is InChI=1S/C23H42O/c1-3-5-7-8-9-10-19-12-14-20(15-13-19)22-17-16-21(11-6-4-2)23(24)18-22/h19-22H,3-18H2,1-2H3/t19?,20?,21-,22-/m1/s1. The fourth-order valence-corrected chi connectivity index (χ4v) is 5.25. The van der Waals surface area contributed by atoms with E-state index in [4.69, 9.17) is 0 Å². The first kappa shape index (κ1) is 20.0. The van der Waals surface area contributed by atoms with Gasteiger partial charge in [-0.05, 0) is 49.9 Å². The third-order valence-corrected chi connectivity index (χ3v) is 6.98. The molecule has 2 saturated carbocycles. The topological polar surface area (TPSA) is 17.1 Å². The second kappa shape index (κ2) is 11.3. The molecule has 2 atom stereocenters. The van der Waals surface area contributed by atoms with E-state index in [-0.39, 0.29) is 0 Å². The van der Waals surface area contributed by atoms with E-state index in [1.807, 2.05) is 0 Å². The lowest BCUT2D eigenvalue weighted by molar-refractivity contribution is -0.127. The highest BCUT2D eigenvalue weighted by atomic mass is 16.1. The Kier molecular flexibility index (Phi) is 9.43. The van der Waals surface area contributed by atoms with Gasteiger partial charge in [0.05, 0.1) is 0 Å². The zero-order chi connectivity index (χ0) is 17.2. The molecule has 0 heterocycles. The summed E-state index contributed by atoms with van der Waals surface area (Å²) in [5.74, 6) is 3.64. The van der Waals surface area contributed by atoms with E-state index >= 15 is 0 Å². The van der Waals surface area contributed by atoms with Crippen molar-refractivity contribution in [2.75, 3.05) is 0 Å². The van der Waals surface area contributed by atoms with E-state index in [1.54, 1.807) is 0 Å². The summed E-state index contributed by atoms with van der Waals surface area (Å²) in [6.07, 6.45) is 21.4. The summed E-state index contributed by atoms with van der Waals surface area (Å²) in [4.78, 5) is 12.4. The van der Waals surface area contributed by atoms with Crippen LogP contribution in [-0.2, 0) is 4.79 Å². The van der Waals surface area contributed by atoms with Crippen molar-refractivity contribution in [1.29, 1.82) is 0 Å². The van der Waals surface area contributed by atoms with Gasteiger partial charge >= 0.3 is 0 Å². The Balaban J connectivity index is 1.61. The number of carbonyl (C=O) groups excluding carboxylic acids is 1. The number of unbranched alkanes of at least 4 members (excludes halogenated alkanes) is 5. The molecular formula is C23H42O. The molecule has 0 aromatic carbocycles. The van der Waals surface area contributed by atoms with Gasteiger partial charge in [0.15, 0.2) is 0 Å². The first-order valence-electron chi connectivity index (χ1n) is 11.3. The van der Waals surface area contributed by atoms with Crippen LogP contribution in [0.5, 0.6) is 0 Å². The van der Waals surface area contributed by atoms with Crippen LogP contribution in [0.25, 0.3) is 0 Å². The Bertz CT molecular complexity index is 340. The highest BCUT2D eigenvalue weighted by Crippen LogP contribution is 2.42. The number of ketones is 1. The average Bonchev–Trinajstić information content (AvgIpc) is 2.61. The van der Waals surface area contributed by atoms with Gasteiger partial charge in [0, 0.05) is 12.3 Å². The smallest absolute Gasteiger partial charge is 0.136 e. The number of hydrogen-bond donors (Lipinski definition) is 0. The molecule has 2 aliphatic carbocycles. The molecule has 2 rings (SSSR count). The van der Waals surface area contributed by atoms with E-state index in [0.29, 0.717) is 11.7 Å². The predicted molar refractivity (Wildman–Crippen MR) is 104 cm³/mol. The van der Waals surface area contributed by atoms with Gasteiger partial charge in [-0.3, -0.25) is 4.79 Å². The number of Topliss-reactive ketones (excluding diaryl/α,β-unsaturated/α-hetero) is 1. The lowest BCUT2D eigenvalue weighted by Gasteiger charge is -2.37. The molecule has 0 aromatic heterocycles. The van der Waals surface area contributed by atoms with Crippen LogP contribution in [0.2, 0.25) is 0 Å². The van der Waals surface area contributed by atoms with Crippen molar-refractivity contribution in [2.45, 2.75) is 117 Å². The summed E-state index contributed by atoms with van der Waals surface area (Å²) < 4.78 is 0. The number of carbonyl (C=O) groups is 1. The predicted octanol–water partition coefficient (Wildman–Crippen LogP) is 7.33. The Morgan fingerprint density at radius 3 is 2.04 bits per heavy atom. The summed E-state index contributed by atoms with van der Waals surface area (Å²) >= 11 is 0. The molecule has 0 radical (unpaired) electrons. The van der Waals surface area contributed by atoms with E-state index in [1.165, 1.54) is 89.9 Å². The third-order valence-electron chi connectivity index (χ3n) is 6.98. The van der Waals surface area contributed by atoms with Gasteiger partial charge in [-0.2, -0.15) is 0 Å². The summed E-state index contributed by atoms with van der Waals surface area (Å²) in [7, 11) is 0. The minimum absolute atomic E-state index is 0.417. The molecular weight excluding hydrogens is 292 g/mol. The van der Waals surface area contributed by atoms with E-state index < -0.39 is 0 Å². The average molecular weight is 335 g/mol. The molecule has 1 nitrogen and oxygen atoms in total. The Hall–Kier alpha value is -0.330. The maximum atomic E-state index is 12.4. The Morgan fingerprint density at radius 1 is 0.708 bits per heavy atom. The van der Waals surface area contributed by atoms with E-state index in [0.717, 1.165) is 30.6 Å². The molecule has 0 saturated heterocycles. The number of hydrogen-bond acceptors (Lipinski definition) is 1.